The normalized spacial score (nSPS) is 31.3. The zero-order valence-corrected chi connectivity index (χ0v) is 8.46. The van der Waals surface area contributed by atoms with Gasteiger partial charge in [-0.1, -0.05) is 19.3 Å². The lowest BCUT2D eigenvalue weighted by molar-refractivity contribution is -0.128. The van der Waals surface area contributed by atoms with E-state index < -0.39 is 0 Å². The summed E-state index contributed by atoms with van der Waals surface area (Å²) in [4.78, 5) is 13.3. The first kappa shape index (κ1) is 9.04. The lowest BCUT2D eigenvalue weighted by atomic mass is 9.83. The van der Waals surface area contributed by atoms with Gasteiger partial charge in [-0.15, -0.1) is 0 Å². The third-order valence-electron chi connectivity index (χ3n) is 3.74. The molecule has 2 rings (SSSR count). The topological polar surface area (TPSA) is 20.3 Å². The van der Waals surface area contributed by atoms with E-state index in [1.165, 1.54) is 32.1 Å². The molecule has 0 aromatic heterocycles. The summed E-state index contributed by atoms with van der Waals surface area (Å²) < 4.78 is 0. The molecule has 0 bridgehead atoms. The Hall–Kier alpha value is -0.530. The van der Waals surface area contributed by atoms with Crippen LogP contribution in [-0.4, -0.2) is 23.9 Å². The Morgan fingerprint density at radius 3 is 2.38 bits per heavy atom. The average molecular weight is 181 g/mol. The minimum Gasteiger partial charge on any atom is -0.342 e. The van der Waals surface area contributed by atoms with Crippen molar-refractivity contribution in [3.63, 3.8) is 0 Å². The van der Waals surface area contributed by atoms with E-state index in [1.54, 1.807) is 0 Å². The lowest BCUT2D eigenvalue weighted by Gasteiger charge is -2.31. The Labute approximate surface area is 80.3 Å². The van der Waals surface area contributed by atoms with Gasteiger partial charge >= 0.3 is 0 Å². The van der Waals surface area contributed by atoms with E-state index in [1.807, 2.05) is 11.9 Å². The van der Waals surface area contributed by atoms with Gasteiger partial charge in [0.05, 0.1) is 0 Å². The van der Waals surface area contributed by atoms with Crippen LogP contribution in [0.25, 0.3) is 0 Å². The molecule has 74 valence electrons. The van der Waals surface area contributed by atoms with Gasteiger partial charge in [0.2, 0.25) is 5.91 Å². The van der Waals surface area contributed by atoms with Crippen molar-refractivity contribution in [2.75, 3.05) is 7.05 Å². The van der Waals surface area contributed by atoms with E-state index >= 15 is 0 Å². The molecule has 2 heteroatoms. The van der Waals surface area contributed by atoms with E-state index in [4.69, 9.17) is 0 Å². The third kappa shape index (κ3) is 1.72. The molecule has 2 nitrogen and oxygen atoms in total. The maximum atomic E-state index is 11.4. The Morgan fingerprint density at radius 1 is 1.15 bits per heavy atom. The van der Waals surface area contributed by atoms with Gasteiger partial charge < -0.3 is 4.90 Å². The van der Waals surface area contributed by atoms with Crippen LogP contribution in [0.4, 0.5) is 0 Å². The summed E-state index contributed by atoms with van der Waals surface area (Å²) in [6.07, 6.45) is 8.76. The molecule has 0 spiro atoms. The predicted molar refractivity (Wildman–Crippen MR) is 52.4 cm³/mol. The zero-order valence-electron chi connectivity index (χ0n) is 8.46. The summed E-state index contributed by atoms with van der Waals surface area (Å²) in [6.45, 7) is 0. The molecular weight excluding hydrogens is 162 g/mol. The summed E-state index contributed by atoms with van der Waals surface area (Å²) in [5, 5.41) is 0. The highest BCUT2D eigenvalue weighted by Crippen LogP contribution is 2.33. The van der Waals surface area contributed by atoms with Crippen molar-refractivity contribution in [1.29, 1.82) is 0 Å². The van der Waals surface area contributed by atoms with Crippen molar-refractivity contribution < 1.29 is 4.79 Å². The van der Waals surface area contributed by atoms with Crippen LogP contribution in [0.1, 0.15) is 44.9 Å². The van der Waals surface area contributed by atoms with Crippen molar-refractivity contribution in [2.45, 2.75) is 51.0 Å². The second kappa shape index (κ2) is 3.69. The van der Waals surface area contributed by atoms with Gasteiger partial charge in [0.25, 0.3) is 0 Å². The van der Waals surface area contributed by atoms with E-state index in [-0.39, 0.29) is 0 Å². The first-order chi connectivity index (χ1) is 6.29. The highest BCUT2D eigenvalue weighted by molar-refractivity contribution is 5.78. The molecule has 13 heavy (non-hydrogen) atoms. The molecular formula is C11H19NO. The van der Waals surface area contributed by atoms with Gasteiger partial charge in [-0.3, -0.25) is 4.79 Å². The second-order valence-electron chi connectivity index (χ2n) is 4.51. The van der Waals surface area contributed by atoms with Crippen molar-refractivity contribution in [3.05, 3.63) is 0 Å². The number of carbonyl (C=O) groups excluding carboxylic acids is 1. The van der Waals surface area contributed by atoms with Gasteiger partial charge in [0.1, 0.15) is 0 Å². The van der Waals surface area contributed by atoms with Crippen molar-refractivity contribution >= 4 is 5.91 Å². The van der Waals surface area contributed by atoms with Crippen LogP contribution >= 0.6 is 0 Å². The van der Waals surface area contributed by atoms with Gasteiger partial charge in [-0.05, 0) is 25.2 Å². The maximum absolute atomic E-state index is 11.4. The predicted octanol–water partition coefficient (Wildman–Crippen LogP) is 2.19. The monoisotopic (exact) mass is 181 g/mol. The van der Waals surface area contributed by atoms with E-state index in [0.717, 1.165) is 18.8 Å². The molecule has 1 saturated heterocycles. The van der Waals surface area contributed by atoms with E-state index in [2.05, 4.69) is 0 Å². The SMILES string of the molecule is CN1C(=O)CC[C@@H]1C1CCCCC1. The molecule has 2 fully saturated rings. The van der Waals surface area contributed by atoms with Crippen LogP contribution in [0, 0.1) is 5.92 Å². The zero-order chi connectivity index (χ0) is 9.26. The first-order valence-corrected chi connectivity index (χ1v) is 5.54. The lowest BCUT2D eigenvalue weighted by Crippen LogP contribution is -2.35. The smallest absolute Gasteiger partial charge is 0.222 e. The summed E-state index contributed by atoms with van der Waals surface area (Å²) in [7, 11) is 1.98. The number of hydrogen-bond donors (Lipinski definition) is 0. The van der Waals surface area contributed by atoms with Crippen molar-refractivity contribution in [3.8, 4) is 0 Å². The molecule has 1 aliphatic carbocycles. The summed E-state index contributed by atoms with van der Waals surface area (Å²) in [6, 6.07) is 0.577. The van der Waals surface area contributed by atoms with Crippen LogP contribution in [0.3, 0.4) is 0 Å². The standard InChI is InChI=1S/C11H19NO/c1-12-10(7-8-11(12)13)9-5-3-2-4-6-9/h9-10H,2-8H2,1H3/t10-/m1/s1. The number of carbonyl (C=O) groups is 1. The minimum atomic E-state index is 0.357. The second-order valence-corrected chi connectivity index (χ2v) is 4.51. The largest absolute Gasteiger partial charge is 0.342 e. The highest BCUT2D eigenvalue weighted by atomic mass is 16.2. The first-order valence-electron chi connectivity index (χ1n) is 5.54. The number of amides is 1. The summed E-state index contributed by atoms with van der Waals surface area (Å²) >= 11 is 0. The molecule has 1 atom stereocenters. The maximum Gasteiger partial charge on any atom is 0.222 e. The van der Waals surface area contributed by atoms with Crippen LogP contribution in [-0.2, 0) is 4.79 Å². The number of rotatable bonds is 1. The van der Waals surface area contributed by atoms with Crippen LogP contribution < -0.4 is 0 Å². The van der Waals surface area contributed by atoms with Crippen LogP contribution in [0.15, 0.2) is 0 Å². The molecule has 1 amide bonds. The van der Waals surface area contributed by atoms with Gasteiger partial charge in [-0.2, -0.15) is 0 Å². The Bertz CT molecular complexity index is 196. The molecule has 0 unspecified atom stereocenters. The molecule has 0 N–H and O–H groups in total. The van der Waals surface area contributed by atoms with Crippen LogP contribution in [0.2, 0.25) is 0 Å². The Morgan fingerprint density at radius 2 is 1.85 bits per heavy atom. The average Bonchev–Trinajstić information content (AvgIpc) is 2.49. The molecule has 1 aliphatic heterocycles. The van der Waals surface area contributed by atoms with Gasteiger partial charge in [0, 0.05) is 19.5 Å². The number of nitrogens with zero attached hydrogens (tertiary/aromatic N) is 1. The highest BCUT2D eigenvalue weighted by Gasteiger charge is 2.34. The fourth-order valence-electron chi connectivity index (χ4n) is 2.90. The molecule has 0 radical (unpaired) electrons. The molecule has 0 aromatic carbocycles. The summed E-state index contributed by atoms with van der Waals surface area (Å²) in [5.74, 6) is 1.17. The molecule has 2 aliphatic rings. The fraction of sp³-hybridized carbons (Fsp3) is 0.909. The molecule has 1 heterocycles. The number of likely N-dealkylation sites (tertiary alicyclic amines) is 1. The number of hydrogen-bond acceptors (Lipinski definition) is 1. The van der Waals surface area contributed by atoms with Crippen molar-refractivity contribution in [1.82, 2.24) is 4.90 Å². The quantitative estimate of drug-likeness (QED) is 0.607. The molecule has 1 saturated carbocycles. The third-order valence-corrected chi connectivity index (χ3v) is 3.74. The van der Waals surface area contributed by atoms with Gasteiger partial charge in [0.15, 0.2) is 0 Å². The summed E-state index contributed by atoms with van der Waals surface area (Å²) in [5.41, 5.74) is 0. The van der Waals surface area contributed by atoms with Crippen LogP contribution in [0.5, 0.6) is 0 Å². The van der Waals surface area contributed by atoms with E-state index in [9.17, 15) is 4.79 Å². The fourth-order valence-corrected chi connectivity index (χ4v) is 2.90. The Kier molecular flexibility index (Phi) is 2.56. The van der Waals surface area contributed by atoms with E-state index in [0.29, 0.717) is 11.9 Å². The molecule has 0 aromatic rings. The van der Waals surface area contributed by atoms with Crippen molar-refractivity contribution in [2.24, 2.45) is 5.92 Å². The van der Waals surface area contributed by atoms with Gasteiger partial charge in [-0.25, -0.2) is 0 Å². The minimum absolute atomic E-state index is 0.357. The Balaban J connectivity index is 1.95.